The fraction of sp³-hybridized carbons (Fsp3) is 0.385. The number of carbonyl (C=O) groups excluding carboxylic acids is 1. The summed E-state index contributed by atoms with van der Waals surface area (Å²) in [5.41, 5.74) is 3.16. The molecule has 1 amide bonds. The molecule has 0 unspecified atom stereocenters. The Morgan fingerprint density at radius 1 is 1.29 bits per heavy atom. The normalized spacial score (nSPS) is 9.71. The van der Waals surface area contributed by atoms with Crippen LogP contribution in [0.3, 0.4) is 0 Å². The van der Waals surface area contributed by atoms with Crippen molar-refractivity contribution in [1.82, 2.24) is 9.38 Å². The molecule has 0 aliphatic rings. The molecule has 0 aliphatic carbocycles. The maximum absolute atomic E-state index is 10.9. The van der Waals surface area contributed by atoms with Crippen molar-refractivity contribution in [2.45, 2.75) is 34.6 Å². The highest BCUT2D eigenvalue weighted by atomic mass is 16.1. The van der Waals surface area contributed by atoms with Gasteiger partial charge in [-0.25, -0.2) is 4.98 Å². The first-order chi connectivity index (χ1) is 8.06. The van der Waals surface area contributed by atoms with E-state index in [1.54, 1.807) is 0 Å². The molecule has 2 aromatic heterocycles. The summed E-state index contributed by atoms with van der Waals surface area (Å²) in [6.07, 6.45) is 3.80. The van der Waals surface area contributed by atoms with Crippen molar-refractivity contribution < 1.29 is 4.79 Å². The lowest BCUT2D eigenvalue weighted by atomic mass is 10.2. The molecule has 0 fully saturated rings. The predicted octanol–water partition coefficient (Wildman–Crippen LogP) is 2.94. The molecule has 0 saturated heterocycles. The molecule has 0 spiro atoms. The minimum atomic E-state index is -0.104. The summed E-state index contributed by atoms with van der Waals surface area (Å²) in [5.74, 6) is 0.490. The number of hydrogen-bond donors (Lipinski definition) is 1. The van der Waals surface area contributed by atoms with E-state index in [4.69, 9.17) is 0 Å². The average Bonchev–Trinajstić information content (AvgIpc) is 2.62. The first-order valence-electron chi connectivity index (χ1n) is 5.80. The van der Waals surface area contributed by atoms with Crippen LogP contribution in [0.5, 0.6) is 0 Å². The maximum atomic E-state index is 10.9. The molecule has 1 N–H and O–H groups in total. The van der Waals surface area contributed by atoms with E-state index < -0.39 is 0 Å². The van der Waals surface area contributed by atoms with Crippen LogP contribution in [0, 0.1) is 13.8 Å². The fourth-order valence-corrected chi connectivity index (χ4v) is 1.69. The van der Waals surface area contributed by atoms with Crippen LogP contribution < -0.4 is 5.32 Å². The second-order valence-electron chi connectivity index (χ2n) is 3.74. The van der Waals surface area contributed by atoms with Crippen LogP contribution in [0.1, 0.15) is 31.9 Å². The number of rotatable bonds is 1. The van der Waals surface area contributed by atoms with Gasteiger partial charge in [0, 0.05) is 13.1 Å². The van der Waals surface area contributed by atoms with E-state index in [1.807, 2.05) is 44.5 Å². The zero-order valence-corrected chi connectivity index (χ0v) is 11.0. The fourth-order valence-electron chi connectivity index (χ4n) is 1.69. The van der Waals surface area contributed by atoms with Crippen LogP contribution in [-0.2, 0) is 4.79 Å². The van der Waals surface area contributed by atoms with Gasteiger partial charge in [-0.05, 0) is 25.0 Å². The highest BCUT2D eigenvalue weighted by molar-refractivity contribution is 5.87. The van der Waals surface area contributed by atoms with Gasteiger partial charge in [0.05, 0.1) is 6.20 Å². The van der Waals surface area contributed by atoms with Crippen LogP contribution >= 0.6 is 0 Å². The van der Waals surface area contributed by atoms with E-state index in [-0.39, 0.29) is 5.91 Å². The summed E-state index contributed by atoms with van der Waals surface area (Å²) < 4.78 is 1.93. The lowest BCUT2D eigenvalue weighted by Gasteiger charge is -1.98. The van der Waals surface area contributed by atoms with Crippen molar-refractivity contribution in [2.75, 3.05) is 5.32 Å². The summed E-state index contributed by atoms with van der Waals surface area (Å²) in [5, 5.41) is 2.67. The largest absolute Gasteiger partial charge is 0.310 e. The van der Waals surface area contributed by atoms with Crippen molar-refractivity contribution in [3.8, 4) is 0 Å². The molecule has 2 aromatic rings. The van der Waals surface area contributed by atoms with E-state index >= 15 is 0 Å². The number of nitrogens with zero attached hydrogens (tertiary/aromatic N) is 2. The van der Waals surface area contributed by atoms with Gasteiger partial charge in [0.1, 0.15) is 5.65 Å². The molecular formula is C13H19N3O. The van der Waals surface area contributed by atoms with Crippen LogP contribution in [-0.4, -0.2) is 15.3 Å². The Morgan fingerprint density at radius 2 is 1.94 bits per heavy atom. The van der Waals surface area contributed by atoms with Gasteiger partial charge in [-0.15, -0.1) is 0 Å². The van der Waals surface area contributed by atoms with Gasteiger partial charge < -0.3 is 9.72 Å². The van der Waals surface area contributed by atoms with Gasteiger partial charge in [0.2, 0.25) is 5.91 Å². The third kappa shape index (κ3) is 3.06. The predicted molar refractivity (Wildman–Crippen MR) is 70.3 cm³/mol. The van der Waals surface area contributed by atoms with Crippen LogP contribution in [0.2, 0.25) is 0 Å². The van der Waals surface area contributed by atoms with Gasteiger partial charge >= 0.3 is 0 Å². The zero-order valence-electron chi connectivity index (χ0n) is 11.0. The zero-order chi connectivity index (χ0) is 13.0. The first-order valence-corrected chi connectivity index (χ1v) is 5.80. The molecule has 0 radical (unpaired) electrons. The molecule has 0 saturated carbocycles. The Hall–Kier alpha value is -1.84. The standard InChI is InChI=1S/C11H13N3O.C2H6/c1-7-4-8(2)11-13-10(12-9(3)15)6-14(11)5-7;1-2/h4-6H,1-3H3,(H,12,15);1-2H3. The number of imidazole rings is 1. The van der Waals surface area contributed by atoms with Crippen LogP contribution in [0.4, 0.5) is 5.82 Å². The molecule has 92 valence electrons. The molecular weight excluding hydrogens is 214 g/mol. The van der Waals surface area contributed by atoms with E-state index in [9.17, 15) is 4.79 Å². The summed E-state index contributed by atoms with van der Waals surface area (Å²) >= 11 is 0. The number of nitrogens with one attached hydrogen (secondary N) is 1. The average molecular weight is 233 g/mol. The maximum Gasteiger partial charge on any atom is 0.222 e. The lowest BCUT2D eigenvalue weighted by molar-refractivity contribution is -0.114. The molecule has 0 aromatic carbocycles. The molecule has 2 heterocycles. The van der Waals surface area contributed by atoms with Gasteiger partial charge in [-0.3, -0.25) is 4.79 Å². The molecule has 4 nitrogen and oxygen atoms in total. The van der Waals surface area contributed by atoms with Crippen LogP contribution in [0.25, 0.3) is 5.65 Å². The Kier molecular flexibility index (Phi) is 4.26. The Bertz CT molecular complexity index is 529. The number of aromatic nitrogens is 2. The summed E-state index contributed by atoms with van der Waals surface area (Å²) in [7, 11) is 0. The van der Waals surface area contributed by atoms with Gasteiger partial charge in [-0.1, -0.05) is 19.9 Å². The summed E-state index contributed by atoms with van der Waals surface area (Å²) in [6, 6.07) is 2.07. The van der Waals surface area contributed by atoms with Gasteiger partial charge in [-0.2, -0.15) is 0 Å². The van der Waals surface area contributed by atoms with E-state index in [1.165, 1.54) is 12.5 Å². The number of pyridine rings is 1. The van der Waals surface area contributed by atoms with Crippen LogP contribution in [0.15, 0.2) is 18.5 Å². The molecule has 0 aliphatic heterocycles. The monoisotopic (exact) mass is 233 g/mol. The lowest BCUT2D eigenvalue weighted by Crippen LogP contribution is -2.05. The van der Waals surface area contributed by atoms with E-state index in [0.29, 0.717) is 5.82 Å². The van der Waals surface area contributed by atoms with E-state index in [0.717, 1.165) is 11.2 Å². The Labute approximate surface area is 102 Å². The SMILES string of the molecule is CC.CC(=O)Nc1cn2cc(C)cc(C)c2n1. The second-order valence-corrected chi connectivity index (χ2v) is 3.74. The van der Waals surface area contributed by atoms with Crippen molar-refractivity contribution >= 4 is 17.4 Å². The smallest absolute Gasteiger partial charge is 0.222 e. The Balaban J connectivity index is 0.000000686. The molecule has 0 atom stereocenters. The van der Waals surface area contributed by atoms with E-state index in [2.05, 4.69) is 16.4 Å². The minimum Gasteiger partial charge on any atom is -0.310 e. The number of amides is 1. The number of fused-ring (bicyclic) bond motifs is 1. The number of anilines is 1. The quantitative estimate of drug-likeness (QED) is 0.823. The van der Waals surface area contributed by atoms with Crippen molar-refractivity contribution in [1.29, 1.82) is 0 Å². The highest BCUT2D eigenvalue weighted by Gasteiger charge is 2.05. The second kappa shape index (κ2) is 5.48. The number of carbonyl (C=O) groups is 1. The molecule has 4 heteroatoms. The third-order valence-corrected chi connectivity index (χ3v) is 2.18. The summed E-state index contributed by atoms with van der Waals surface area (Å²) in [6.45, 7) is 9.51. The highest BCUT2D eigenvalue weighted by Crippen LogP contribution is 2.15. The first kappa shape index (κ1) is 13.2. The van der Waals surface area contributed by atoms with Gasteiger partial charge in [0.25, 0.3) is 0 Å². The molecule has 0 bridgehead atoms. The van der Waals surface area contributed by atoms with Gasteiger partial charge in [0.15, 0.2) is 5.82 Å². The summed E-state index contributed by atoms with van der Waals surface area (Å²) in [4.78, 5) is 15.2. The topological polar surface area (TPSA) is 46.4 Å². The Morgan fingerprint density at radius 3 is 2.53 bits per heavy atom. The number of hydrogen-bond acceptors (Lipinski definition) is 2. The third-order valence-electron chi connectivity index (χ3n) is 2.18. The van der Waals surface area contributed by atoms with Crippen molar-refractivity contribution in [2.24, 2.45) is 0 Å². The molecule has 2 rings (SSSR count). The minimum absolute atomic E-state index is 0.104. The van der Waals surface area contributed by atoms with Crippen molar-refractivity contribution in [3.05, 3.63) is 29.6 Å². The number of aryl methyl sites for hydroxylation is 2. The molecule has 17 heavy (non-hydrogen) atoms. The van der Waals surface area contributed by atoms with Crippen molar-refractivity contribution in [3.63, 3.8) is 0 Å².